The van der Waals surface area contributed by atoms with Gasteiger partial charge in [0.25, 0.3) is 5.91 Å². The molecule has 1 amide bonds. The van der Waals surface area contributed by atoms with Crippen molar-refractivity contribution >= 4 is 28.7 Å². The molecule has 1 atom stereocenters. The van der Waals surface area contributed by atoms with Crippen LogP contribution in [-0.2, 0) is 4.79 Å². The van der Waals surface area contributed by atoms with Crippen molar-refractivity contribution in [3.63, 3.8) is 0 Å². The van der Waals surface area contributed by atoms with Crippen molar-refractivity contribution in [2.24, 2.45) is 0 Å². The third-order valence-corrected chi connectivity index (χ3v) is 7.05. The van der Waals surface area contributed by atoms with Gasteiger partial charge >= 0.3 is 6.36 Å². The number of hydrogen-bond acceptors (Lipinski definition) is 7. The molecule has 0 spiro atoms. The molecule has 5 rings (SSSR count). The molecule has 7 nitrogen and oxygen atoms in total. The Bertz CT molecular complexity index is 1540. The van der Waals surface area contributed by atoms with E-state index in [-0.39, 0.29) is 16.1 Å². The fraction of sp³-hybridized carbons (Fsp3) is 0.111. The minimum absolute atomic E-state index is 0.159. The van der Waals surface area contributed by atoms with Gasteiger partial charge in [-0.2, -0.15) is 0 Å². The van der Waals surface area contributed by atoms with Gasteiger partial charge in [0.1, 0.15) is 10.8 Å². The van der Waals surface area contributed by atoms with E-state index in [2.05, 4.69) is 14.7 Å². The summed E-state index contributed by atoms with van der Waals surface area (Å²) in [5.74, 6) is -2.67. The number of ether oxygens (including phenoxy) is 1. The van der Waals surface area contributed by atoms with Gasteiger partial charge in [-0.25, -0.2) is 4.98 Å². The molecular weight excluding hydrogens is 519 g/mol. The third-order valence-electron chi connectivity index (χ3n) is 5.85. The number of pyridine rings is 1. The standard InChI is InChI=1S/C27H18F3N3O4S/c1-15-24(38-25(32-15)17-5-3-2-4-6-17)22(34)20-21(16-11-13-31-14-12-16)33(26(36)23(20)35)18-7-9-19(10-8-18)37-27(28,29)30/h2-14,21,35H,1H3. The first kappa shape index (κ1) is 25.2. The zero-order valence-electron chi connectivity index (χ0n) is 19.6. The molecule has 2 aromatic heterocycles. The Morgan fingerprint density at radius 2 is 1.68 bits per heavy atom. The number of nitrogens with zero attached hydrogens (tertiary/aromatic N) is 3. The molecule has 38 heavy (non-hydrogen) atoms. The number of carbonyl (C=O) groups excluding carboxylic acids is 2. The van der Waals surface area contributed by atoms with E-state index in [4.69, 9.17) is 0 Å². The molecule has 1 unspecified atom stereocenters. The van der Waals surface area contributed by atoms with E-state index in [0.29, 0.717) is 16.3 Å². The van der Waals surface area contributed by atoms with Gasteiger partial charge in [0.15, 0.2) is 5.76 Å². The number of Topliss-reactive ketones (excluding diaryl/α,β-unsaturated/α-hetero) is 1. The highest BCUT2D eigenvalue weighted by molar-refractivity contribution is 7.17. The molecule has 0 fully saturated rings. The van der Waals surface area contributed by atoms with Crippen LogP contribution in [-0.4, -0.2) is 33.1 Å². The summed E-state index contributed by atoms with van der Waals surface area (Å²) in [7, 11) is 0. The predicted octanol–water partition coefficient (Wildman–Crippen LogP) is 6.20. The molecule has 2 aromatic carbocycles. The Morgan fingerprint density at radius 3 is 2.32 bits per heavy atom. The van der Waals surface area contributed by atoms with Crippen LogP contribution in [0, 0.1) is 6.92 Å². The van der Waals surface area contributed by atoms with Gasteiger partial charge in [-0.15, -0.1) is 24.5 Å². The maximum Gasteiger partial charge on any atom is 0.573 e. The predicted molar refractivity (Wildman–Crippen MR) is 134 cm³/mol. The van der Waals surface area contributed by atoms with Gasteiger partial charge in [-0.1, -0.05) is 30.3 Å². The molecule has 11 heteroatoms. The van der Waals surface area contributed by atoms with E-state index in [1.165, 1.54) is 24.5 Å². The highest BCUT2D eigenvalue weighted by Crippen LogP contribution is 2.43. The van der Waals surface area contributed by atoms with Crippen LogP contribution in [0.15, 0.2) is 90.5 Å². The molecule has 1 N–H and O–H groups in total. The number of hydrogen-bond donors (Lipinski definition) is 1. The topological polar surface area (TPSA) is 92.6 Å². The maximum atomic E-state index is 13.9. The molecule has 0 aliphatic carbocycles. The number of aryl methyl sites for hydroxylation is 1. The molecule has 0 saturated heterocycles. The number of anilines is 1. The summed E-state index contributed by atoms with van der Waals surface area (Å²) in [6, 6.07) is 16.0. The summed E-state index contributed by atoms with van der Waals surface area (Å²) in [4.78, 5) is 37.0. The summed E-state index contributed by atoms with van der Waals surface area (Å²) in [6.45, 7) is 1.67. The zero-order valence-corrected chi connectivity index (χ0v) is 20.5. The van der Waals surface area contributed by atoms with E-state index >= 15 is 0 Å². The van der Waals surface area contributed by atoms with Crippen LogP contribution in [0.1, 0.15) is 27.0 Å². The van der Waals surface area contributed by atoms with Crippen LogP contribution in [0.2, 0.25) is 0 Å². The number of amides is 1. The molecule has 4 aromatic rings. The van der Waals surface area contributed by atoms with Gasteiger partial charge in [0.05, 0.1) is 22.2 Å². The average Bonchev–Trinajstić information content (AvgIpc) is 3.41. The Balaban J connectivity index is 1.56. The number of rotatable bonds is 6. The molecule has 1 aliphatic heterocycles. The number of ketones is 1. The minimum Gasteiger partial charge on any atom is -0.503 e. The molecule has 3 heterocycles. The van der Waals surface area contributed by atoms with Crippen LogP contribution in [0.4, 0.5) is 18.9 Å². The Kier molecular flexibility index (Phi) is 6.45. The fourth-order valence-electron chi connectivity index (χ4n) is 4.21. The van der Waals surface area contributed by atoms with Crippen LogP contribution in [0.3, 0.4) is 0 Å². The zero-order chi connectivity index (χ0) is 27.0. The van der Waals surface area contributed by atoms with Crippen molar-refractivity contribution in [2.45, 2.75) is 19.3 Å². The normalized spacial score (nSPS) is 15.7. The largest absolute Gasteiger partial charge is 0.573 e. The number of aromatic nitrogens is 2. The van der Waals surface area contributed by atoms with Crippen LogP contribution in [0.5, 0.6) is 5.75 Å². The summed E-state index contributed by atoms with van der Waals surface area (Å²) in [6.07, 6.45) is -1.93. The number of carbonyl (C=O) groups is 2. The summed E-state index contributed by atoms with van der Waals surface area (Å²) < 4.78 is 41.7. The monoisotopic (exact) mass is 537 g/mol. The lowest BCUT2D eigenvalue weighted by Crippen LogP contribution is -2.31. The lowest BCUT2D eigenvalue weighted by atomic mass is 9.95. The summed E-state index contributed by atoms with van der Waals surface area (Å²) in [5.41, 5.74) is 1.72. The maximum absolute atomic E-state index is 13.9. The van der Waals surface area contributed by atoms with Crippen molar-refractivity contribution in [3.05, 3.63) is 107 Å². The molecule has 0 saturated carbocycles. The van der Waals surface area contributed by atoms with Crippen molar-refractivity contribution in [1.82, 2.24) is 9.97 Å². The first-order valence-electron chi connectivity index (χ1n) is 11.2. The average molecular weight is 538 g/mol. The van der Waals surface area contributed by atoms with Crippen LogP contribution < -0.4 is 9.64 Å². The number of aliphatic hydroxyl groups excluding tert-OH is 1. The quantitative estimate of drug-likeness (QED) is 0.295. The van der Waals surface area contributed by atoms with E-state index in [1.54, 1.807) is 19.1 Å². The Hall–Kier alpha value is -4.51. The van der Waals surface area contributed by atoms with Gasteiger partial charge < -0.3 is 9.84 Å². The fourth-order valence-corrected chi connectivity index (χ4v) is 5.23. The molecule has 1 aliphatic rings. The van der Waals surface area contributed by atoms with E-state index in [0.717, 1.165) is 33.9 Å². The van der Waals surface area contributed by atoms with Crippen molar-refractivity contribution in [2.75, 3.05) is 4.90 Å². The molecule has 192 valence electrons. The Labute approximate surface area is 218 Å². The molecule has 0 bridgehead atoms. The Morgan fingerprint density at radius 1 is 1.03 bits per heavy atom. The SMILES string of the molecule is Cc1nc(-c2ccccc2)sc1C(=O)C1=C(O)C(=O)N(c2ccc(OC(F)(F)F)cc2)C1c1ccncc1. The molecular formula is C27H18F3N3O4S. The van der Waals surface area contributed by atoms with Crippen LogP contribution in [0.25, 0.3) is 10.6 Å². The lowest BCUT2D eigenvalue weighted by Gasteiger charge is -2.27. The highest BCUT2D eigenvalue weighted by Gasteiger charge is 2.45. The number of benzene rings is 2. The van der Waals surface area contributed by atoms with Crippen LogP contribution >= 0.6 is 11.3 Å². The smallest absolute Gasteiger partial charge is 0.503 e. The third kappa shape index (κ3) is 4.75. The van der Waals surface area contributed by atoms with E-state index in [1.807, 2.05) is 30.3 Å². The van der Waals surface area contributed by atoms with Crippen molar-refractivity contribution in [1.29, 1.82) is 0 Å². The summed E-state index contributed by atoms with van der Waals surface area (Å²) >= 11 is 1.14. The second-order valence-corrected chi connectivity index (χ2v) is 9.29. The number of alkyl halides is 3. The first-order chi connectivity index (χ1) is 18.1. The van der Waals surface area contributed by atoms with Crippen molar-refractivity contribution in [3.8, 4) is 16.3 Å². The number of aliphatic hydroxyl groups is 1. The second kappa shape index (κ2) is 9.75. The van der Waals surface area contributed by atoms with E-state index in [9.17, 15) is 27.9 Å². The second-order valence-electron chi connectivity index (χ2n) is 8.29. The van der Waals surface area contributed by atoms with Gasteiger partial charge in [0.2, 0.25) is 5.78 Å². The molecule has 0 radical (unpaired) electrons. The van der Waals surface area contributed by atoms with Gasteiger partial charge in [-0.3, -0.25) is 19.5 Å². The minimum atomic E-state index is -4.88. The van der Waals surface area contributed by atoms with Gasteiger partial charge in [-0.05, 0) is 48.9 Å². The number of halogens is 3. The summed E-state index contributed by atoms with van der Waals surface area (Å²) in [5, 5.41) is 11.5. The highest BCUT2D eigenvalue weighted by atomic mass is 32.1. The van der Waals surface area contributed by atoms with Crippen molar-refractivity contribution < 1.29 is 32.6 Å². The van der Waals surface area contributed by atoms with E-state index < -0.39 is 35.6 Å². The first-order valence-corrected chi connectivity index (χ1v) is 12.1. The lowest BCUT2D eigenvalue weighted by molar-refractivity contribution is -0.274. The van der Waals surface area contributed by atoms with Gasteiger partial charge in [0, 0.05) is 23.6 Å². The number of thiazole rings is 1.